The summed E-state index contributed by atoms with van der Waals surface area (Å²) >= 11 is 0. The molecule has 20 heavy (non-hydrogen) atoms. The third-order valence-corrected chi connectivity index (χ3v) is 8.21. The first-order valence-electron chi connectivity index (χ1n) is 5.69. The number of rotatable bonds is 6. The van der Waals surface area contributed by atoms with Gasteiger partial charge in [0.15, 0.2) is 0 Å². The Balaban J connectivity index is 6.04. The molecule has 0 N–H and O–H groups in total. The van der Waals surface area contributed by atoms with E-state index in [0.29, 0.717) is 5.70 Å². The maximum atomic E-state index is 14.5. The minimum Gasteiger partial charge on any atom is -0.356 e. The van der Waals surface area contributed by atoms with Gasteiger partial charge in [0.05, 0.1) is 0 Å². The van der Waals surface area contributed by atoms with Gasteiger partial charge < -0.3 is 4.43 Å². The molecule has 118 valence electrons. The Morgan fingerprint density at radius 1 is 0.850 bits per heavy atom. The van der Waals surface area contributed by atoms with Crippen LogP contribution in [0.3, 0.4) is 0 Å². The molecule has 0 heterocycles. The first-order chi connectivity index (χ1) is 8.58. The van der Waals surface area contributed by atoms with Crippen molar-refractivity contribution in [2.45, 2.75) is 43.8 Å². The Labute approximate surface area is 116 Å². The molecule has 0 saturated carbocycles. The highest BCUT2D eigenvalue weighted by molar-refractivity contribution is 6.85. The largest absolute Gasteiger partial charge is 0.428 e. The summed E-state index contributed by atoms with van der Waals surface area (Å²) in [6.45, 7) is 10.4. The van der Waals surface area contributed by atoms with E-state index in [-0.39, 0.29) is 0 Å². The lowest BCUT2D eigenvalue weighted by Crippen LogP contribution is -2.71. The van der Waals surface area contributed by atoms with Gasteiger partial charge in [-0.05, 0) is 13.1 Å². The van der Waals surface area contributed by atoms with E-state index in [1.165, 1.54) is 13.1 Å². The van der Waals surface area contributed by atoms with E-state index in [9.17, 15) is 26.3 Å². The van der Waals surface area contributed by atoms with Crippen LogP contribution < -0.4 is 0 Å². The van der Waals surface area contributed by atoms with Crippen molar-refractivity contribution < 1.29 is 30.8 Å². The van der Waals surface area contributed by atoms with Crippen molar-refractivity contribution >= 4 is 16.4 Å². The molecule has 1 unspecified atom stereocenters. The van der Waals surface area contributed by atoms with Crippen LogP contribution in [0.5, 0.6) is 0 Å². The summed E-state index contributed by atoms with van der Waals surface area (Å²) in [5.74, 6) is 0. The molecule has 0 fully saturated rings. The van der Waals surface area contributed by atoms with Gasteiger partial charge in [-0.25, -0.2) is 4.39 Å². The molecular weight excluding hydrogens is 318 g/mol. The van der Waals surface area contributed by atoms with Crippen LogP contribution in [-0.4, -0.2) is 34.0 Å². The lowest BCUT2D eigenvalue weighted by atomic mass is 10.3. The summed E-state index contributed by atoms with van der Waals surface area (Å²) in [6.07, 6.45) is -10.8. The van der Waals surface area contributed by atoms with Crippen molar-refractivity contribution in [3.63, 3.8) is 0 Å². The molecule has 0 aromatic rings. The maximum Gasteiger partial charge on any atom is 0.428 e. The number of hydrogen-bond acceptors (Lipinski definition) is 1. The van der Waals surface area contributed by atoms with Crippen LogP contribution >= 0.6 is 0 Å². The third-order valence-electron chi connectivity index (χ3n) is 3.07. The minimum absolute atomic E-state index is 0.639. The molecule has 0 aliphatic carbocycles. The van der Waals surface area contributed by atoms with Gasteiger partial charge in [0.2, 0.25) is 8.32 Å². The average Bonchev–Trinajstić information content (AvgIpc) is 2.24. The van der Waals surface area contributed by atoms with E-state index in [0.717, 1.165) is 18.8 Å². The Bertz CT molecular complexity index is 391. The van der Waals surface area contributed by atoms with Crippen LogP contribution in [0.25, 0.3) is 0 Å². The topological polar surface area (TPSA) is 9.23 Å². The Morgan fingerprint density at radius 2 is 1.25 bits per heavy atom. The van der Waals surface area contributed by atoms with Crippen molar-refractivity contribution in [1.29, 1.82) is 0 Å². The molecular formula is C11H18F6OSi2. The van der Waals surface area contributed by atoms with Gasteiger partial charge in [0, 0.05) is 0 Å². The van der Waals surface area contributed by atoms with Crippen LogP contribution in [0.2, 0.25) is 26.2 Å². The molecule has 1 nitrogen and oxygen atoms in total. The fourth-order valence-electron chi connectivity index (χ4n) is 1.49. The minimum atomic E-state index is -5.77. The fourth-order valence-corrected chi connectivity index (χ4v) is 4.29. The van der Waals surface area contributed by atoms with Crippen LogP contribution in [0, 0.1) is 0 Å². The van der Waals surface area contributed by atoms with E-state index < -0.39 is 34.0 Å². The summed E-state index contributed by atoms with van der Waals surface area (Å²) in [6, 6.07) is 0. The number of alkyl halides is 6. The molecule has 0 amide bonds. The summed E-state index contributed by atoms with van der Waals surface area (Å²) in [5, 5.41) is -4.76. The number of halogens is 6. The van der Waals surface area contributed by atoms with Crippen LogP contribution in [0.1, 0.15) is 0 Å². The zero-order chi connectivity index (χ0) is 16.6. The second-order valence-corrected chi connectivity index (χ2v) is 13.9. The van der Waals surface area contributed by atoms with Crippen molar-refractivity contribution in [2.24, 2.45) is 0 Å². The summed E-state index contributed by atoms with van der Waals surface area (Å²) in [5.41, 5.74) is 1.65. The van der Waals surface area contributed by atoms with E-state index in [4.69, 9.17) is 0 Å². The molecule has 1 atom stereocenters. The van der Waals surface area contributed by atoms with Crippen molar-refractivity contribution in [1.82, 2.24) is 0 Å². The molecule has 0 aromatic carbocycles. The first-order valence-corrected chi connectivity index (χ1v) is 11.7. The highest BCUT2D eigenvalue weighted by Crippen LogP contribution is 2.52. The Kier molecular flexibility index (Phi) is 5.19. The van der Waals surface area contributed by atoms with Crippen molar-refractivity contribution in [2.75, 3.05) is 0 Å². The highest BCUT2D eigenvalue weighted by Gasteiger charge is 2.78. The summed E-state index contributed by atoms with van der Waals surface area (Å²) in [4.78, 5) is 0. The maximum absolute atomic E-state index is 14.5. The Morgan fingerprint density at radius 3 is 1.50 bits per heavy atom. The molecule has 0 aliphatic heterocycles. The molecule has 0 saturated heterocycles. The van der Waals surface area contributed by atoms with Crippen LogP contribution in [0.4, 0.5) is 26.3 Å². The lowest BCUT2D eigenvalue weighted by molar-refractivity contribution is -0.332. The molecule has 0 rings (SSSR count). The quantitative estimate of drug-likeness (QED) is 0.501. The fraction of sp³-hybridized carbons (Fsp3) is 0.636. The first kappa shape index (κ1) is 19.5. The van der Waals surface area contributed by atoms with E-state index in [1.54, 1.807) is 0 Å². The Hall–Kier alpha value is -0.546. The van der Waals surface area contributed by atoms with Crippen molar-refractivity contribution in [3.8, 4) is 0 Å². The summed E-state index contributed by atoms with van der Waals surface area (Å²) < 4.78 is 85.7. The standard InChI is InChI=1S/C11H18F6OSi2/c1-7-19(3,4)9(12,10(13,14)15)11(16,17)18-20(5,6)8-2/h7-8H,1-2H2,3-6H3. The highest BCUT2D eigenvalue weighted by atomic mass is 28.4. The molecule has 0 radical (unpaired) electrons. The van der Waals surface area contributed by atoms with Crippen LogP contribution in [-0.2, 0) is 4.43 Å². The molecule has 0 spiro atoms. The van der Waals surface area contributed by atoms with E-state index >= 15 is 0 Å². The van der Waals surface area contributed by atoms with E-state index in [2.05, 4.69) is 17.6 Å². The predicted molar refractivity (Wildman–Crippen MR) is 71.3 cm³/mol. The second-order valence-electron chi connectivity index (χ2n) is 5.51. The van der Waals surface area contributed by atoms with Gasteiger partial charge in [-0.3, -0.25) is 0 Å². The summed E-state index contributed by atoms with van der Waals surface area (Å²) in [7, 11) is -7.56. The van der Waals surface area contributed by atoms with Gasteiger partial charge in [0.25, 0.3) is 5.29 Å². The zero-order valence-corrected chi connectivity index (χ0v) is 13.7. The SMILES string of the molecule is C=C[Si](C)(C)OC(F)(F)C(F)(C(F)(F)F)[Si](C)(C)C=C. The molecule has 9 heteroatoms. The van der Waals surface area contributed by atoms with Crippen molar-refractivity contribution in [3.05, 3.63) is 24.6 Å². The van der Waals surface area contributed by atoms with Gasteiger partial charge >= 0.3 is 12.3 Å². The molecule has 0 aromatic heterocycles. The molecule has 0 aliphatic rings. The van der Waals surface area contributed by atoms with Gasteiger partial charge in [-0.1, -0.05) is 24.5 Å². The van der Waals surface area contributed by atoms with E-state index in [1.807, 2.05) is 0 Å². The smallest absolute Gasteiger partial charge is 0.356 e. The van der Waals surface area contributed by atoms with Gasteiger partial charge in [0.1, 0.15) is 8.07 Å². The van der Waals surface area contributed by atoms with Gasteiger partial charge in [-0.15, -0.1) is 13.2 Å². The average molecular weight is 336 g/mol. The van der Waals surface area contributed by atoms with Crippen LogP contribution in [0.15, 0.2) is 24.6 Å². The lowest BCUT2D eigenvalue weighted by Gasteiger charge is -2.44. The number of hydrogen-bond donors (Lipinski definition) is 0. The normalized spacial score (nSPS) is 17.5. The van der Waals surface area contributed by atoms with Gasteiger partial charge in [-0.2, -0.15) is 22.0 Å². The zero-order valence-electron chi connectivity index (χ0n) is 11.7. The molecule has 0 bridgehead atoms. The predicted octanol–water partition coefficient (Wildman–Crippen LogP) is 4.77. The second kappa shape index (κ2) is 5.34. The third kappa shape index (κ3) is 3.20. The monoisotopic (exact) mass is 336 g/mol.